The number of rotatable bonds is 2. The molecule has 2 unspecified atom stereocenters. The Kier molecular flexibility index (Phi) is 3.81. The van der Waals surface area contributed by atoms with Gasteiger partial charge in [0.15, 0.2) is 5.43 Å². The number of pyridine rings is 1. The van der Waals surface area contributed by atoms with E-state index in [1.54, 1.807) is 4.90 Å². The van der Waals surface area contributed by atoms with E-state index >= 15 is 0 Å². The Labute approximate surface area is 106 Å². The molecule has 0 bridgehead atoms. The highest BCUT2D eigenvalue weighted by atomic mass is 16.2. The van der Waals surface area contributed by atoms with Gasteiger partial charge in [0.2, 0.25) is 0 Å². The van der Waals surface area contributed by atoms with E-state index in [-0.39, 0.29) is 16.9 Å². The van der Waals surface area contributed by atoms with E-state index < -0.39 is 0 Å². The molecule has 0 aliphatic carbocycles. The van der Waals surface area contributed by atoms with Crippen molar-refractivity contribution in [3.8, 4) is 0 Å². The fourth-order valence-electron chi connectivity index (χ4n) is 2.39. The zero-order valence-corrected chi connectivity index (χ0v) is 10.6. The maximum Gasteiger partial charge on any atom is 0.259 e. The van der Waals surface area contributed by atoms with Crippen molar-refractivity contribution in [3.05, 3.63) is 34.2 Å². The van der Waals surface area contributed by atoms with Crippen molar-refractivity contribution in [1.82, 2.24) is 9.88 Å². The number of H-pyrrole nitrogens is 1. The monoisotopic (exact) mass is 249 g/mol. The van der Waals surface area contributed by atoms with Gasteiger partial charge in [0, 0.05) is 31.5 Å². The minimum absolute atomic E-state index is 0.192. The van der Waals surface area contributed by atoms with Gasteiger partial charge in [-0.2, -0.15) is 0 Å². The lowest BCUT2D eigenvalue weighted by Crippen LogP contribution is -2.46. The van der Waals surface area contributed by atoms with Crippen LogP contribution in [0.4, 0.5) is 0 Å². The molecule has 1 aromatic rings. The summed E-state index contributed by atoms with van der Waals surface area (Å²) in [5.74, 6) is 0.667. The van der Waals surface area contributed by atoms with Crippen LogP contribution >= 0.6 is 0 Å². The summed E-state index contributed by atoms with van der Waals surface area (Å²) in [7, 11) is 0. The number of carbonyl (C=O) groups excluding carboxylic acids is 1. The number of aromatic nitrogens is 1. The predicted octanol–water partition coefficient (Wildman–Crippen LogP) is 0.432. The molecule has 5 heteroatoms. The molecule has 0 aromatic carbocycles. The summed E-state index contributed by atoms with van der Waals surface area (Å²) >= 11 is 0. The first-order valence-corrected chi connectivity index (χ1v) is 6.30. The molecular formula is C13H19N3O2. The molecule has 2 atom stereocenters. The minimum Gasteiger partial charge on any atom is -0.367 e. The molecule has 1 fully saturated rings. The Morgan fingerprint density at radius 1 is 1.61 bits per heavy atom. The van der Waals surface area contributed by atoms with Crippen LogP contribution in [0.2, 0.25) is 0 Å². The van der Waals surface area contributed by atoms with Gasteiger partial charge >= 0.3 is 0 Å². The molecule has 0 radical (unpaired) electrons. The average molecular weight is 249 g/mol. The van der Waals surface area contributed by atoms with Crippen LogP contribution in [-0.2, 0) is 0 Å². The third-order valence-electron chi connectivity index (χ3n) is 3.76. The Morgan fingerprint density at radius 3 is 3.06 bits per heavy atom. The van der Waals surface area contributed by atoms with Crippen molar-refractivity contribution in [2.75, 3.05) is 19.6 Å². The van der Waals surface area contributed by atoms with E-state index in [9.17, 15) is 9.59 Å². The van der Waals surface area contributed by atoms with Crippen LogP contribution in [0, 0.1) is 11.8 Å². The molecule has 1 saturated heterocycles. The lowest BCUT2D eigenvalue weighted by molar-refractivity contribution is 0.0617. The number of hydrogen-bond acceptors (Lipinski definition) is 3. The molecular weight excluding hydrogens is 230 g/mol. The van der Waals surface area contributed by atoms with Crippen LogP contribution in [-0.4, -0.2) is 35.4 Å². The van der Waals surface area contributed by atoms with Crippen LogP contribution in [0.5, 0.6) is 0 Å². The van der Waals surface area contributed by atoms with Crippen LogP contribution in [0.1, 0.15) is 23.7 Å². The molecule has 0 saturated carbocycles. The van der Waals surface area contributed by atoms with Crippen LogP contribution in [0.25, 0.3) is 0 Å². The van der Waals surface area contributed by atoms with E-state index in [0.717, 1.165) is 6.42 Å². The van der Waals surface area contributed by atoms with Gasteiger partial charge in [-0.15, -0.1) is 0 Å². The highest BCUT2D eigenvalue weighted by molar-refractivity contribution is 5.93. The summed E-state index contributed by atoms with van der Waals surface area (Å²) in [4.78, 5) is 28.4. The number of nitrogens with two attached hydrogens (primary N) is 1. The fourth-order valence-corrected chi connectivity index (χ4v) is 2.39. The quantitative estimate of drug-likeness (QED) is 0.797. The van der Waals surface area contributed by atoms with Crippen molar-refractivity contribution in [2.45, 2.75) is 13.3 Å². The molecule has 18 heavy (non-hydrogen) atoms. The summed E-state index contributed by atoms with van der Waals surface area (Å²) < 4.78 is 0. The number of likely N-dealkylation sites (tertiary alicyclic amines) is 1. The number of piperidine rings is 1. The van der Waals surface area contributed by atoms with Crippen molar-refractivity contribution in [2.24, 2.45) is 17.6 Å². The predicted molar refractivity (Wildman–Crippen MR) is 69.3 cm³/mol. The van der Waals surface area contributed by atoms with Gasteiger partial charge in [-0.3, -0.25) is 9.59 Å². The van der Waals surface area contributed by atoms with Crippen molar-refractivity contribution in [1.29, 1.82) is 0 Å². The Bertz CT molecular complexity index is 483. The van der Waals surface area contributed by atoms with E-state index in [1.165, 1.54) is 18.5 Å². The van der Waals surface area contributed by atoms with Gasteiger partial charge in [0.25, 0.3) is 5.91 Å². The van der Waals surface area contributed by atoms with E-state index in [1.807, 2.05) is 0 Å². The largest absolute Gasteiger partial charge is 0.367 e. The molecule has 1 aliphatic heterocycles. The lowest BCUT2D eigenvalue weighted by atomic mass is 9.87. The van der Waals surface area contributed by atoms with Gasteiger partial charge in [-0.25, -0.2) is 0 Å². The van der Waals surface area contributed by atoms with Crippen LogP contribution in [0.15, 0.2) is 23.3 Å². The van der Waals surface area contributed by atoms with E-state index in [2.05, 4.69) is 11.9 Å². The van der Waals surface area contributed by atoms with E-state index in [4.69, 9.17) is 5.73 Å². The smallest absolute Gasteiger partial charge is 0.259 e. The molecule has 1 aliphatic rings. The first kappa shape index (κ1) is 12.8. The maximum absolute atomic E-state index is 12.3. The molecule has 98 valence electrons. The number of aromatic amines is 1. The summed E-state index contributed by atoms with van der Waals surface area (Å²) in [6.07, 6.45) is 3.94. The second kappa shape index (κ2) is 5.35. The number of hydrogen-bond donors (Lipinski definition) is 2. The summed E-state index contributed by atoms with van der Waals surface area (Å²) in [6, 6.07) is 1.38. The molecule has 0 spiro atoms. The minimum atomic E-state index is -0.235. The molecule has 1 amide bonds. The number of carbonyl (C=O) groups is 1. The number of nitrogens with zero attached hydrogens (tertiary/aromatic N) is 1. The van der Waals surface area contributed by atoms with Crippen LogP contribution in [0.3, 0.4) is 0 Å². The van der Waals surface area contributed by atoms with Gasteiger partial charge < -0.3 is 15.6 Å². The molecule has 1 aromatic heterocycles. The summed E-state index contributed by atoms with van der Waals surface area (Å²) in [6.45, 7) is 4.08. The molecule has 3 N–H and O–H groups in total. The summed E-state index contributed by atoms with van der Waals surface area (Å²) in [5, 5.41) is 0. The third-order valence-corrected chi connectivity index (χ3v) is 3.76. The lowest BCUT2D eigenvalue weighted by Gasteiger charge is -2.36. The Balaban J connectivity index is 2.15. The van der Waals surface area contributed by atoms with E-state index in [0.29, 0.717) is 31.5 Å². The topological polar surface area (TPSA) is 79.2 Å². The Hall–Kier alpha value is -1.62. The molecule has 2 rings (SSSR count). The molecule has 2 heterocycles. The van der Waals surface area contributed by atoms with Crippen molar-refractivity contribution < 1.29 is 4.79 Å². The maximum atomic E-state index is 12.3. The second-order valence-corrected chi connectivity index (χ2v) is 4.94. The number of amides is 1. The van der Waals surface area contributed by atoms with Gasteiger partial charge in [0.05, 0.1) is 0 Å². The highest BCUT2D eigenvalue weighted by Crippen LogP contribution is 2.22. The SMILES string of the molecule is CC1CCN(C(=O)c2c[nH]ccc2=O)CC1CN. The first-order chi connectivity index (χ1) is 8.63. The number of nitrogens with one attached hydrogen (secondary N) is 1. The second-order valence-electron chi connectivity index (χ2n) is 4.94. The molecule has 5 nitrogen and oxygen atoms in total. The van der Waals surface area contributed by atoms with Crippen molar-refractivity contribution in [3.63, 3.8) is 0 Å². The van der Waals surface area contributed by atoms with Crippen molar-refractivity contribution >= 4 is 5.91 Å². The zero-order chi connectivity index (χ0) is 13.1. The highest BCUT2D eigenvalue weighted by Gasteiger charge is 2.29. The third kappa shape index (κ3) is 2.46. The average Bonchev–Trinajstić information content (AvgIpc) is 2.39. The Morgan fingerprint density at radius 2 is 2.39 bits per heavy atom. The zero-order valence-electron chi connectivity index (χ0n) is 10.6. The normalized spacial score (nSPS) is 24.0. The standard InChI is InChI=1S/C13H19N3O2/c1-9-3-5-16(8-10(9)6-14)13(18)11-7-15-4-2-12(11)17/h2,4,7,9-10H,3,5-6,8,14H2,1H3,(H,15,17). The van der Waals surface area contributed by atoms with Gasteiger partial charge in [-0.1, -0.05) is 6.92 Å². The fraction of sp³-hybridized carbons (Fsp3) is 0.538. The van der Waals surface area contributed by atoms with Crippen LogP contribution < -0.4 is 11.2 Å². The van der Waals surface area contributed by atoms with Gasteiger partial charge in [-0.05, 0) is 24.8 Å². The van der Waals surface area contributed by atoms with Gasteiger partial charge in [0.1, 0.15) is 5.56 Å². The summed E-state index contributed by atoms with van der Waals surface area (Å²) in [5.41, 5.74) is 5.70. The first-order valence-electron chi connectivity index (χ1n) is 6.30.